The Bertz CT molecular complexity index is 1690. The molecule has 0 aliphatic carbocycles. The van der Waals surface area contributed by atoms with Gasteiger partial charge in [0, 0.05) is 43.4 Å². The fraction of sp³-hybridized carbons (Fsp3) is 0.610. The molecule has 1 unspecified atom stereocenters. The molecule has 2 aliphatic heterocycles. The Morgan fingerprint density at radius 2 is 1.80 bits per heavy atom. The lowest BCUT2D eigenvalue weighted by Crippen LogP contribution is -2.61. The number of aromatic nitrogens is 3. The van der Waals surface area contributed by atoms with Crippen molar-refractivity contribution in [1.29, 1.82) is 0 Å². The van der Waals surface area contributed by atoms with Gasteiger partial charge < -0.3 is 30.4 Å². The number of methoxy groups -OCH3 is 1. The number of ether oxygens (including phenoxy) is 3. The molecule has 0 spiro atoms. The van der Waals surface area contributed by atoms with Crippen LogP contribution in [0, 0.1) is 17.8 Å². The van der Waals surface area contributed by atoms with Crippen molar-refractivity contribution in [2.45, 2.75) is 122 Å². The van der Waals surface area contributed by atoms with Gasteiger partial charge in [-0.25, -0.2) is 4.79 Å². The van der Waals surface area contributed by atoms with E-state index < -0.39 is 47.6 Å². The van der Waals surface area contributed by atoms with E-state index in [-0.39, 0.29) is 23.6 Å². The lowest BCUT2D eigenvalue weighted by atomic mass is 9.62. The smallest absolute Gasteiger partial charge is 0.410 e. The first-order valence-electron chi connectivity index (χ1n) is 19.7. The summed E-state index contributed by atoms with van der Waals surface area (Å²) in [6.45, 7) is 13.9. The van der Waals surface area contributed by atoms with Gasteiger partial charge >= 0.3 is 6.09 Å². The first kappa shape index (κ1) is 41.4. The van der Waals surface area contributed by atoms with Crippen molar-refractivity contribution in [1.82, 2.24) is 25.2 Å². The summed E-state index contributed by atoms with van der Waals surface area (Å²) < 4.78 is 20.9. The number of ketones is 1. The van der Waals surface area contributed by atoms with Gasteiger partial charge in [0.2, 0.25) is 0 Å². The van der Waals surface area contributed by atoms with Crippen LogP contribution < -0.4 is 11.1 Å². The summed E-state index contributed by atoms with van der Waals surface area (Å²) in [5.74, 6) is -1.29. The Kier molecular flexibility index (Phi) is 13.6. The van der Waals surface area contributed by atoms with E-state index in [1.807, 2.05) is 91.1 Å². The predicted molar refractivity (Wildman–Crippen MR) is 212 cm³/mol. The van der Waals surface area contributed by atoms with Crippen molar-refractivity contribution in [3.63, 3.8) is 0 Å². The van der Waals surface area contributed by atoms with Crippen molar-refractivity contribution in [2.75, 3.05) is 25.9 Å². The van der Waals surface area contributed by atoms with Crippen LogP contribution in [-0.4, -0.2) is 101 Å². The van der Waals surface area contributed by atoms with Gasteiger partial charge in [-0.1, -0.05) is 68.4 Å². The molecule has 2 fully saturated rings. The average Bonchev–Trinajstić information content (AvgIpc) is 3.74. The highest BCUT2D eigenvalue weighted by Crippen LogP contribution is 2.41. The summed E-state index contributed by atoms with van der Waals surface area (Å²) in [6, 6.07) is 16.7. The quantitative estimate of drug-likeness (QED) is 0.148. The molecule has 0 radical (unpaired) electrons. The number of nitrogens with two attached hydrogens (primary N) is 1. The van der Waals surface area contributed by atoms with Crippen molar-refractivity contribution < 1.29 is 28.9 Å². The van der Waals surface area contributed by atoms with E-state index in [1.165, 1.54) is 0 Å². The number of benzene rings is 2. The highest BCUT2D eigenvalue weighted by atomic mass is 16.6. The molecule has 0 bridgehead atoms. The molecule has 1 aromatic heterocycles. The topological polar surface area (TPSA) is 154 Å². The molecule has 4 N–H and O–H groups in total. The SMILES string of the molecule is B[C@@H]1[C@@H](C)C(=O)[C@@H](Cc2ccccc2)C(O)O[C@H](CC)[C@@]2(C)OC(=O)N(CCCCn3cc(-c4cccc(N)c4)nn3)[C@@H]2[C@@H](C)NC[C@H](C)C[C@@]1(C)OC. The molecular weight excluding hydrogens is 683 g/mol. The molecule has 0 saturated carbocycles. The number of unbranched alkanes of at least 4 members (excludes halogenated alkanes) is 1. The number of rotatable bonds is 10. The number of aliphatic hydroxyl groups excluding tert-OH is 1. The van der Waals surface area contributed by atoms with Gasteiger partial charge in [-0.05, 0) is 88.9 Å². The van der Waals surface area contributed by atoms with E-state index >= 15 is 0 Å². The van der Waals surface area contributed by atoms with E-state index in [0.717, 1.165) is 23.2 Å². The minimum Gasteiger partial charge on any atom is -0.438 e. The zero-order valence-corrected chi connectivity index (χ0v) is 33.4. The predicted octanol–water partition coefficient (Wildman–Crippen LogP) is 4.91. The fourth-order valence-corrected chi connectivity index (χ4v) is 8.72. The third-order valence-electron chi connectivity index (χ3n) is 12.2. The van der Waals surface area contributed by atoms with Crippen LogP contribution in [0.5, 0.6) is 0 Å². The second-order valence-corrected chi connectivity index (χ2v) is 16.1. The van der Waals surface area contributed by atoms with Crippen molar-refractivity contribution in [3.8, 4) is 11.3 Å². The summed E-state index contributed by atoms with van der Waals surface area (Å²) >= 11 is 0. The number of carbonyl (C=O) groups is 2. The van der Waals surface area contributed by atoms with Crippen LogP contribution in [0.15, 0.2) is 60.8 Å². The fourth-order valence-electron chi connectivity index (χ4n) is 8.72. The van der Waals surface area contributed by atoms with E-state index in [1.54, 1.807) is 7.11 Å². The van der Waals surface area contributed by atoms with Crippen LogP contribution in [0.1, 0.15) is 72.8 Å². The normalized spacial score (nSPS) is 32.8. The van der Waals surface area contributed by atoms with Crippen LogP contribution in [0.3, 0.4) is 0 Å². The first-order chi connectivity index (χ1) is 25.7. The molecule has 12 nitrogen and oxygen atoms in total. The third kappa shape index (κ3) is 9.18. The molecule has 294 valence electrons. The summed E-state index contributed by atoms with van der Waals surface area (Å²) in [5, 5.41) is 24.3. The second-order valence-electron chi connectivity index (χ2n) is 16.1. The zero-order valence-electron chi connectivity index (χ0n) is 33.4. The Morgan fingerprint density at radius 1 is 1.07 bits per heavy atom. The van der Waals surface area contributed by atoms with Gasteiger partial charge in [-0.2, -0.15) is 0 Å². The van der Waals surface area contributed by atoms with Crippen LogP contribution in [0.4, 0.5) is 10.5 Å². The minimum atomic E-state index is -1.43. The summed E-state index contributed by atoms with van der Waals surface area (Å²) in [4.78, 5) is 30.1. The number of nitrogen functional groups attached to an aromatic ring is 1. The van der Waals surface area contributed by atoms with Gasteiger partial charge in [0.25, 0.3) is 0 Å². The molecule has 2 aromatic carbocycles. The monoisotopic (exact) mass is 744 g/mol. The average molecular weight is 745 g/mol. The van der Waals surface area contributed by atoms with Crippen LogP contribution in [0.2, 0.25) is 5.82 Å². The number of aliphatic hydroxyl groups is 1. The number of amides is 1. The van der Waals surface area contributed by atoms with Gasteiger partial charge in [-0.15, -0.1) is 5.10 Å². The molecule has 2 aliphatic rings. The lowest BCUT2D eigenvalue weighted by molar-refractivity contribution is -0.212. The second kappa shape index (κ2) is 17.8. The number of nitrogens with zero attached hydrogens (tertiary/aromatic N) is 4. The number of nitrogens with one attached hydrogen (secondary N) is 1. The number of aryl methyl sites for hydroxylation is 1. The number of hydrogen-bond donors (Lipinski definition) is 3. The standard InChI is InChI=1S/C41H61BN6O6/c1-8-34-41(6)37(48(39(51)54-41)20-13-12-19-47-25-33(45-46-47)30-17-14-18-31(43)22-30)28(4)44-24-26(2)23-40(5,52-7)36(42)27(3)35(49)32(38(50)53-34)21-29-15-10-9-11-16-29/h9-11,14-18,22,25-28,32,34,36-38,44,50H,8,12-13,19-21,23-24,42-43H2,1-7H3/t26-,27+,28-,32-,34-,36-,37-,38?,40-,41-/m1/s1. The third-order valence-corrected chi connectivity index (χ3v) is 12.2. The van der Waals surface area contributed by atoms with Crippen molar-refractivity contribution in [2.24, 2.45) is 17.8 Å². The van der Waals surface area contributed by atoms with Crippen LogP contribution in [-0.2, 0) is 32.0 Å². The Balaban J connectivity index is 1.40. The van der Waals surface area contributed by atoms with Crippen molar-refractivity contribution in [3.05, 3.63) is 66.4 Å². The number of anilines is 1. The molecule has 13 heteroatoms. The van der Waals surface area contributed by atoms with E-state index in [4.69, 9.17) is 19.9 Å². The van der Waals surface area contributed by atoms with E-state index in [2.05, 4.69) is 44.2 Å². The zero-order chi connectivity index (χ0) is 39.2. The maximum absolute atomic E-state index is 14.5. The summed E-state index contributed by atoms with van der Waals surface area (Å²) in [5.41, 5.74) is 7.50. The maximum atomic E-state index is 14.5. The molecule has 3 heterocycles. The van der Waals surface area contributed by atoms with Crippen LogP contribution in [0.25, 0.3) is 11.3 Å². The maximum Gasteiger partial charge on any atom is 0.410 e. The van der Waals surface area contributed by atoms with Crippen molar-refractivity contribution >= 4 is 25.4 Å². The lowest BCUT2D eigenvalue weighted by Gasteiger charge is -2.42. The molecule has 54 heavy (non-hydrogen) atoms. The van der Waals surface area contributed by atoms with Gasteiger partial charge in [0.1, 0.15) is 25.4 Å². The molecule has 1 amide bonds. The largest absolute Gasteiger partial charge is 0.438 e. The molecular formula is C41H61BN6O6. The molecule has 3 aromatic rings. The summed E-state index contributed by atoms with van der Waals surface area (Å²) in [6.07, 6.45) is 2.31. The van der Waals surface area contributed by atoms with Gasteiger partial charge in [0.05, 0.1) is 23.8 Å². The number of carbonyl (C=O) groups excluding carboxylic acids is 2. The Morgan fingerprint density at radius 3 is 2.48 bits per heavy atom. The highest BCUT2D eigenvalue weighted by Gasteiger charge is 2.58. The Hall–Kier alpha value is -3.78. The summed E-state index contributed by atoms with van der Waals surface area (Å²) in [7, 11) is 3.78. The highest BCUT2D eigenvalue weighted by molar-refractivity contribution is 6.14. The number of Topliss-reactive ketones (excluding diaryl/α,β-unsaturated/α-hetero) is 1. The van der Waals surface area contributed by atoms with E-state index in [0.29, 0.717) is 51.0 Å². The van der Waals surface area contributed by atoms with Gasteiger partial charge in [0.15, 0.2) is 11.9 Å². The Labute approximate surface area is 321 Å². The molecule has 10 atom stereocenters. The molecule has 2 saturated heterocycles. The van der Waals surface area contributed by atoms with Crippen LogP contribution >= 0.6 is 0 Å². The number of hydrogen-bond acceptors (Lipinski definition) is 10. The van der Waals surface area contributed by atoms with E-state index in [9.17, 15) is 14.7 Å². The minimum absolute atomic E-state index is 0.0786. The van der Waals surface area contributed by atoms with Gasteiger partial charge in [-0.3, -0.25) is 14.4 Å². The number of fused-ring (bicyclic) bond motifs is 1. The first-order valence-corrected chi connectivity index (χ1v) is 19.7. The molecule has 5 rings (SSSR count).